The number of fused-ring (bicyclic) bond motifs is 2. The number of benzene rings is 2. The first-order valence-corrected chi connectivity index (χ1v) is 9.10. The molecule has 0 fully saturated rings. The molecule has 1 amide bonds. The van der Waals surface area contributed by atoms with Gasteiger partial charge < -0.3 is 10.2 Å². The Bertz CT molecular complexity index is 1140. The highest BCUT2D eigenvalue weighted by Crippen LogP contribution is 2.39. The van der Waals surface area contributed by atoms with E-state index in [0.29, 0.717) is 16.7 Å². The lowest BCUT2D eigenvalue weighted by Gasteiger charge is -2.20. The molecule has 7 heteroatoms. The van der Waals surface area contributed by atoms with Crippen LogP contribution in [0, 0.1) is 17.7 Å². The zero-order valence-corrected chi connectivity index (χ0v) is 16.0. The van der Waals surface area contributed by atoms with Crippen LogP contribution in [0.2, 0.25) is 0 Å². The van der Waals surface area contributed by atoms with E-state index < -0.39 is 0 Å². The van der Waals surface area contributed by atoms with Crippen LogP contribution in [0.25, 0.3) is 10.9 Å². The van der Waals surface area contributed by atoms with Gasteiger partial charge in [-0.05, 0) is 71.1 Å². The second kappa shape index (κ2) is 6.97. The van der Waals surface area contributed by atoms with E-state index in [0.717, 1.165) is 34.4 Å². The van der Waals surface area contributed by atoms with Gasteiger partial charge in [-0.1, -0.05) is 5.92 Å². The fraction of sp³-hybridized carbons (Fsp3) is 0.150. The summed E-state index contributed by atoms with van der Waals surface area (Å²) in [5, 5.41) is 3.54. The first kappa shape index (κ1) is 17.4. The number of hydrogen-bond acceptors (Lipinski definition) is 4. The standard InChI is InChI=1S/C20H14BrFN4O/c1-2-3-19(27)25-13-4-5-17-14(9-13)20(24-11-23-17)26-7-6-12-8-16(22)15(21)10-18(12)26/h4-5,8-11H,6-7H2,1H3,(H,25,27). The average Bonchev–Trinajstić information content (AvgIpc) is 3.04. The summed E-state index contributed by atoms with van der Waals surface area (Å²) in [4.78, 5) is 22.6. The van der Waals surface area contributed by atoms with Gasteiger partial charge in [-0.15, -0.1) is 0 Å². The molecular formula is C20H14BrFN4O. The number of aromatic nitrogens is 2. The topological polar surface area (TPSA) is 58.1 Å². The van der Waals surface area contributed by atoms with Crippen LogP contribution in [0.5, 0.6) is 0 Å². The summed E-state index contributed by atoms with van der Waals surface area (Å²) in [6, 6.07) is 8.76. The summed E-state index contributed by atoms with van der Waals surface area (Å²) in [5.74, 6) is 5.10. The Morgan fingerprint density at radius 3 is 2.96 bits per heavy atom. The molecule has 1 aliphatic heterocycles. The Morgan fingerprint density at radius 1 is 1.30 bits per heavy atom. The maximum atomic E-state index is 13.9. The van der Waals surface area contributed by atoms with Crippen LogP contribution < -0.4 is 10.2 Å². The summed E-state index contributed by atoms with van der Waals surface area (Å²) in [6.45, 7) is 2.30. The summed E-state index contributed by atoms with van der Waals surface area (Å²) in [7, 11) is 0. The Morgan fingerprint density at radius 2 is 2.15 bits per heavy atom. The minimum atomic E-state index is -0.374. The fourth-order valence-electron chi connectivity index (χ4n) is 3.21. The Balaban J connectivity index is 1.80. The van der Waals surface area contributed by atoms with Crippen molar-refractivity contribution in [1.29, 1.82) is 0 Å². The molecule has 1 aromatic heterocycles. The third-order valence-electron chi connectivity index (χ3n) is 4.38. The van der Waals surface area contributed by atoms with E-state index in [1.165, 1.54) is 6.33 Å². The van der Waals surface area contributed by atoms with E-state index in [1.54, 1.807) is 25.1 Å². The number of halogens is 2. The van der Waals surface area contributed by atoms with E-state index in [2.05, 4.69) is 43.1 Å². The predicted molar refractivity (Wildman–Crippen MR) is 106 cm³/mol. The molecule has 2 heterocycles. The largest absolute Gasteiger partial charge is 0.325 e. The lowest BCUT2D eigenvalue weighted by atomic mass is 10.1. The number of carbonyl (C=O) groups is 1. The van der Waals surface area contributed by atoms with Crippen molar-refractivity contribution >= 4 is 49.9 Å². The van der Waals surface area contributed by atoms with Crippen molar-refractivity contribution in [2.75, 3.05) is 16.8 Å². The van der Waals surface area contributed by atoms with Gasteiger partial charge in [-0.3, -0.25) is 4.79 Å². The first-order valence-electron chi connectivity index (χ1n) is 8.31. The number of anilines is 3. The molecule has 134 valence electrons. The zero-order valence-electron chi connectivity index (χ0n) is 14.4. The summed E-state index contributed by atoms with van der Waals surface area (Å²) < 4.78 is 14.3. The minimum Gasteiger partial charge on any atom is -0.325 e. The first-order chi connectivity index (χ1) is 13.1. The van der Waals surface area contributed by atoms with Crippen LogP contribution in [0.4, 0.5) is 21.6 Å². The zero-order chi connectivity index (χ0) is 19.0. The molecule has 2 aromatic carbocycles. The SMILES string of the molecule is CC#CC(=O)Nc1ccc2ncnc(N3CCc4cc(F)c(Br)cc43)c2c1. The van der Waals surface area contributed by atoms with E-state index in [-0.39, 0.29) is 11.7 Å². The summed E-state index contributed by atoms with van der Waals surface area (Å²) in [5.41, 5.74) is 3.22. The van der Waals surface area contributed by atoms with Gasteiger partial charge in [0.2, 0.25) is 0 Å². The van der Waals surface area contributed by atoms with Crippen LogP contribution in [0.15, 0.2) is 41.1 Å². The van der Waals surface area contributed by atoms with Crippen LogP contribution in [0.1, 0.15) is 12.5 Å². The molecule has 1 aliphatic rings. The maximum absolute atomic E-state index is 13.9. The summed E-state index contributed by atoms with van der Waals surface area (Å²) in [6.07, 6.45) is 2.24. The lowest BCUT2D eigenvalue weighted by molar-refractivity contribution is -0.111. The van der Waals surface area contributed by atoms with E-state index in [1.807, 2.05) is 17.0 Å². The van der Waals surface area contributed by atoms with Gasteiger partial charge >= 0.3 is 0 Å². The molecule has 3 aromatic rings. The molecule has 5 nitrogen and oxygen atoms in total. The lowest BCUT2D eigenvalue weighted by Crippen LogP contribution is -2.15. The molecule has 0 aliphatic carbocycles. The van der Waals surface area contributed by atoms with Crippen molar-refractivity contribution in [3.63, 3.8) is 0 Å². The van der Waals surface area contributed by atoms with Crippen molar-refractivity contribution in [3.05, 3.63) is 52.5 Å². The molecule has 0 saturated carbocycles. The quantitative estimate of drug-likeness (QED) is 0.626. The maximum Gasteiger partial charge on any atom is 0.300 e. The van der Waals surface area contributed by atoms with Crippen LogP contribution in [-0.4, -0.2) is 22.4 Å². The second-order valence-corrected chi connectivity index (χ2v) is 6.91. The predicted octanol–water partition coefficient (Wildman–Crippen LogP) is 4.19. The molecule has 0 radical (unpaired) electrons. The second-order valence-electron chi connectivity index (χ2n) is 6.05. The number of carbonyl (C=O) groups excluding carboxylic acids is 1. The Hall–Kier alpha value is -2.98. The Labute approximate surface area is 163 Å². The molecule has 0 spiro atoms. The van der Waals surface area contributed by atoms with Crippen LogP contribution >= 0.6 is 15.9 Å². The summed E-state index contributed by atoms with van der Waals surface area (Å²) >= 11 is 3.26. The highest BCUT2D eigenvalue weighted by atomic mass is 79.9. The number of amides is 1. The van der Waals surface area contributed by atoms with Gasteiger partial charge in [0.15, 0.2) is 0 Å². The highest BCUT2D eigenvalue weighted by Gasteiger charge is 2.25. The molecule has 27 heavy (non-hydrogen) atoms. The van der Waals surface area contributed by atoms with Gasteiger partial charge in [-0.2, -0.15) is 0 Å². The molecule has 0 atom stereocenters. The molecule has 0 unspecified atom stereocenters. The van der Waals surface area contributed by atoms with Gasteiger partial charge in [0.1, 0.15) is 18.0 Å². The molecule has 1 N–H and O–H groups in total. The van der Waals surface area contributed by atoms with Crippen molar-refractivity contribution in [2.24, 2.45) is 0 Å². The molecule has 4 rings (SSSR count). The van der Waals surface area contributed by atoms with E-state index >= 15 is 0 Å². The third-order valence-corrected chi connectivity index (χ3v) is 4.99. The fourth-order valence-corrected chi connectivity index (χ4v) is 3.54. The van der Waals surface area contributed by atoms with Gasteiger partial charge in [0, 0.05) is 23.3 Å². The number of nitrogens with zero attached hydrogens (tertiary/aromatic N) is 3. The molecule has 0 saturated heterocycles. The number of nitrogens with one attached hydrogen (secondary N) is 1. The van der Waals surface area contributed by atoms with E-state index in [9.17, 15) is 9.18 Å². The minimum absolute atomic E-state index is 0.273. The van der Waals surface area contributed by atoms with Crippen molar-refractivity contribution < 1.29 is 9.18 Å². The van der Waals surface area contributed by atoms with E-state index in [4.69, 9.17) is 0 Å². The normalized spacial score (nSPS) is 12.5. The molecule has 0 bridgehead atoms. The van der Waals surface area contributed by atoms with Gasteiger partial charge in [0.25, 0.3) is 5.91 Å². The third kappa shape index (κ3) is 3.24. The van der Waals surface area contributed by atoms with Gasteiger partial charge in [0.05, 0.1) is 9.99 Å². The Kier molecular flexibility index (Phi) is 4.50. The highest BCUT2D eigenvalue weighted by molar-refractivity contribution is 9.10. The van der Waals surface area contributed by atoms with Crippen molar-refractivity contribution in [2.45, 2.75) is 13.3 Å². The van der Waals surface area contributed by atoms with Crippen LogP contribution in [-0.2, 0) is 11.2 Å². The smallest absolute Gasteiger partial charge is 0.300 e. The van der Waals surface area contributed by atoms with Gasteiger partial charge in [-0.25, -0.2) is 14.4 Å². The number of hydrogen-bond donors (Lipinski definition) is 1. The van der Waals surface area contributed by atoms with Crippen molar-refractivity contribution in [3.8, 4) is 11.8 Å². The molecular weight excluding hydrogens is 411 g/mol. The van der Waals surface area contributed by atoms with Crippen LogP contribution in [0.3, 0.4) is 0 Å². The monoisotopic (exact) mass is 424 g/mol. The number of rotatable bonds is 2. The average molecular weight is 425 g/mol. The van der Waals surface area contributed by atoms with Crippen molar-refractivity contribution in [1.82, 2.24) is 9.97 Å².